The Labute approximate surface area is 109 Å². The molecule has 1 fully saturated rings. The molecule has 0 spiro atoms. The van der Waals surface area contributed by atoms with E-state index in [0.29, 0.717) is 6.61 Å². The number of hydrogen-bond donors (Lipinski definition) is 3. The van der Waals surface area contributed by atoms with E-state index >= 15 is 0 Å². The Morgan fingerprint density at radius 3 is 2.78 bits per heavy atom. The molecule has 1 heterocycles. The van der Waals surface area contributed by atoms with Crippen LogP contribution in [-0.2, 0) is 0 Å². The van der Waals surface area contributed by atoms with Crippen molar-refractivity contribution >= 4 is 0 Å². The summed E-state index contributed by atoms with van der Waals surface area (Å²) >= 11 is 0. The summed E-state index contributed by atoms with van der Waals surface area (Å²) in [5.74, 6) is 0.867. The fourth-order valence-corrected chi connectivity index (χ4v) is 2.28. The van der Waals surface area contributed by atoms with Crippen molar-refractivity contribution in [2.45, 2.75) is 13.0 Å². The zero-order valence-corrected chi connectivity index (χ0v) is 11.0. The smallest absolute Gasteiger partial charge is 0.137 e. The second-order valence-corrected chi connectivity index (χ2v) is 4.93. The van der Waals surface area contributed by atoms with Gasteiger partial charge in [0.15, 0.2) is 0 Å². The standard InChI is InChI=1S/C14H22N2O2/c1-12-4-2-3-5-14(12)18-11-13(17)10-16-8-6-15-7-9-16/h2-5,13,15,17H,6-11H2,1H3/p+1/t13-/m0/s1. The molecule has 1 aliphatic heterocycles. The van der Waals surface area contributed by atoms with E-state index < -0.39 is 6.10 Å². The number of hydrogen-bond acceptors (Lipinski definition) is 3. The largest absolute Gasteiger partial charge is 0.490 e. The fraction of sp³-hybridized carbons (Fsp3) is 0.571. The van der Waals surface area contributed by atoms with Crippen LogP contribution >= 0.6 is 0 Å². The third-order valence-electron chi connectivity index (χ3n) is 3.36. The van der Waals surface area contributed by atoms with Gasteiger partial charge in [-0.2, -0.15) is 0 Å². The van der Waals surface area contributed by atoms with Crippen LogP contribution in [0.2, 0.25) is 0 Å². The van der Waals surface area contributed by atoms with Crippen LogP contribution in [0.15, 0.2) is 24.3 Å². The molecule has 4 heteroatoms. The minimum Gasteiger partial charge on any atom is -0.490 e. The van der Waals surface area contributed by atoms with Crippen molar-refractivity contribution in [2.24, 2.45) is 0 Å². The van der Waals surface area contributed by atoms with Gasteiger partial charge in [-0.15, -0.1) is 0 Å². The SMILES string of the molecule is Cc1ccccc1OC[C@@H](O)C[NH+]1CCNCC1. The molecule has 0 bridgehead atoms. The van der Waals surface area contributed by atoms with E-state index in [9.17, 15) is 5.11 Å². The highest BCUT2D eigenvalue weighted by molar-refractivity contribution is 5.31. The molecule has 18 heavy (non-hydrogen) atoms. The van der Waals surface area contributed by atoms with Crippen molar-refractivity contribution < 1.29 is 14.7 Å². The van der Waals surface area contributed by atoms with Crippen LogP contribution in [0.1, 0.15) is 5.56 Å². The lowest BCUT2D eigenvalue weighted by Gasteiger charge is -2.26. The Morgan fingerprint density at radius 1 is 1.33 bits per heavy atom. The Hall–Kier alpha value is -1.10. The summed E-state index contributed by atoms with van der Waals surface area (Å²) in [7, 11) is 0. The Balaban J connectivity index is 1.74. The maximum absolute atomic E-state index is 9.99. The summed E-state index contributed by atoms with van der Waals surface area (Å²) in [4.78, 5) is 1.45. The van der Waals surface area contributed by atoms with E-state index in [1.54, 1.807) is 0 Å². The maximum atomic E-state index is 9.99. The van der Waals surface area contributed by atoms with Crippen LogP contribution in [-0.4, -0.2) is 50.5 Å². The fourth-order valence-electron chi connectivity index (χ4n) is 2.28. The molecule has 1 aliphatic rings. The predicted octanol–water partition coefficient (Wildman–Crippen LogP) is -0.777. The average Bonchev–Trinajstić information content (AvgIpc) is 2.39. The Morgan fingerprint density at radius 2 is 2.06 bits per heavy atom. The van der Waals surface area contributed by atoms with Gasteiger partial charge in [0, 0.05) is 13.1 Å². The second-order valence-electron chi connectivity index (χ2n) is 4.93. The molecule has 0 aliphatic carbocycles. The molecule has 3 N–H and O–H groups in total. The van der Waals surface area contributed by atoms with E-state index in [4.69, 9.17) is 4.74 Å². The molecule has 0 unspecified atom stereocenters. The highest BCUT2D eigenvalue weighted by Crippen LogP contribution is 2.15. The van der Waals surface area contributed by atoms with Gasteiger partial charge >= 0.3 is 0 Å². The van der Waals surface area contributed by atoms with Crippen LogP contribution in [0.3, 0.4) is 0 Å². The number of quaternary nitrogens is 1. The van der Waals surface area contributed by atoms with Crippen molar-refractivity contribution in [3.63, 3.8) is 0 Å². The molecule has 4 nitrogen and oxygen atoms in total. The number of para-hydroxylation sites is 1. The normalized spacial score (nSPS) is 18.6. The molecule has 0 radical (unpaired) electrons. The van der Waals surface area contributed by atoms with E-state index in [1.807, 2.05) is 31.2 Å². The minimum atomic E-state index is -0.391. The van der Waals surface area contributed by atoms with E-state index in [1.165, 1.54) is 4.90 Å². The molecule has 1 atom stereocenters. The third-order valence-corrected chi connectivity index (χ3v) is 3.36. The number of benzene rings is 1. The highest BCUT2D eigenvalue weighted by Gasteiger charge is 2.18. The first kappa shape index (κ1) is 13.3. The van der Waals surface area contributed by atoms with E-state index in [-0.39, 0.29) is 0 Å². The van der Waals surface area contributed by atoms with Gasteiger partial charge in [-0.1, -0.05) is 18.2 Å². The zero-order chi connectivity index (χ0) is 12.8. The van der Waals surface area contributed by atoms with Crippen LogP contribution in [0.25, 0.3) is 0 Å². The van der Waals surface area contributed by atoms with Gasteiger partial charge in [-0.25, -0.2) is 0 Å². The lowest BCUT2D eigenvalue weighted by Crippen LogP contribution is -3.15. The van der Waals surface area contributed by atoms with Crippen molar-refractivity contribution in [3.05, 3.63) is 29.8 Å². The molecule has 1 aromatic rings. The molecule has 1 aromatic carbocycles. The van der Waals surface area contributed by atoms with Crippen molar-refractivity contribution in [2.75, 3.05) is 39.3 Å². The topological polar surface area (TPSA) is 45.9 Å². The Kier molecular flexibility index (Phi) is 4.99. The molecule has 1 saturated heterocycles. The highest BCUT2D eigenvalue weighted by atomic mass is 16.5. The Bertz CT molecular complexity index is 365. The van der Waals surface area contributed by atoms with E-state index in [0.717, 1.165) is 44.0 Å². The van der Waals surface area contributed by atoms with Gasteiger partial charge < -0.3 is 20.1 Å². The van der Waals surface area contributed by atoms with E-state index in [2.05, 4.69) is 5.32 Å². The molecular formula is C14H23N2O2+. The molecule has 0 saturated carbocycles. The molecule has 0 amide bonds. The first-order valence-electron chi connectivity index (χ1n) is 6.66. The van der Waals surface area contributed by atoms with Crippen LogP contribution in [0.5, 0.6) is 5.75 Å². The lowest BCUT2D eigenvalue weighted by atomic mass is 10.2. The monoisotopic (exact) mass is 251 g/mol. The van der Waals surface area contributed by atoms with Gasteiger partial charge in [0.2, 0.25) is 0 Å². The van der Waals surface area contributed by atoms with Crippen molar-refractivity contribution in [1.82, 2.24) is 5.32 Å². The summed E-state index contributed by atoms with van der Waals surface area (Å²) < 4.78 is 5.66. The summed E-state index contributed by atoms with van der Waals surface area (Å²) in [6.07, 6.45) is -0.391. The van der Waals surface area contributed by atoms with Gasteiger partial charge in [0.1, 0.15) is 25.0 Å². The number of nitrogens with one attached hydrogen (secondary N) is 2. The van der Waals surface area contributed by atoms with Crippen LogP contribution < -0.4 is 15.0 Å². The van der Waals surface area contributed by atoms with Gasteiger partial charge in [-0.3, -0.25) is 0 Å². The summed E-state index contributed by atoms with van der Waals surface area (Å²) in [6.45, 7) is 7.42. The molecular weight excluding hydrogens is 228 g/mol. The summed E-state index contributed by atoms with van der Waals surface area (Å²) in [6, 6.07) is 7.91. The zero-order valence-electron chi connectivity index (χ0n) is 11.0. The quantitative estimate of drug-likeness (QED) is 0.643. The van der Waals surface area contributed by atoms with Crippen molar-refractivity contribution in [3.8, 4) is 5.75 Å². The van der Waals surface area contributed by atoms with Gasteiger partial charge in [0.25, 0.3) is 0 Å². The lowest BCUT2D eigenvalue weighted by molar-refractivity contribution is -0.904. The van der Waals surface area contributed by atoms with Gasteiger partial charge in [0.05, 0.1) is 13.1 Å². The summed E-state index contributed by atoms with van der Waals surface area (Å²) in [5, 5.41) is 13.3. The third kappa shape index (κ3) is 3.98. The number of piperazine rings is 1. The second kappa shape index (κ2) is 6.73. The number of rotatable bonds is 5. The maximum Gasteiger partial charge on any atom is 0.137 e. The average molecular weight is 251 g/mol. The predicted molar refractivity (Wildman–Crippen MR) is 71.1 cm³/mol. The number of ether oxygens (including phenoxy) is 1. The van der Waals surface area contributed by atoms with Gasteiger partial charge in [-0.05, 0) is 18.6 Å². The first-order chi connectivity index (χ1) is 8.75. The first-order valence-corrected chi connectivity index (χ1v) is 6.66. The van der Waals surface area contributed by atoms with Crippen molar-refractivity contribution in [1.29, 1.82) is 0 Å². The number of aliphatic hydroxyl groups excluding tert-OH is 1. The van der Waals surface area contributed by atoms with Crippen LogP contribution in [0.4, 0.5) is 0 Å². The molecule has 100 valence electrons. The van der Waals surface area contributed by atoms with Crippen LogP contribution in [0, 0.1) is 6.92 Å². The number of aryl methyl sites for hydroxylation is 1. The summed E-state index contributed by atoms with van der Waals surface area (Å²) in [5.41, 5.74) is 1.11. The minimum absolute atomic E-state index is 0.377. The molecule has 0 aromatic heterocycles. The number of aliphatic hydroxyl groups is 1. The molecule has 2 rings (SSSR count).